The van der Waals surface area contributed by atoms with Crippen LogP contribution in [0.15, 0.2) is 134 Å². The van der Waals surface area contributed by atoms with E-state index in [0.29, 0.717) is 25.9 Å². The molecule has 0 N–H and O–H groups in total. The number of carbonyl (C=O) groups excluding carboxylic acids is 2. The predicted molar refractivity (Wildman–Crippen MR) is 288 cm³/mol. The Morgan fingerprint density at radius 1 is 0.348 bits per heavy atom. The van der Waals surface area contributed by atoms with E-state index in [4.69, 9.17) is 14.2 Å². The summed E-state index contributed by atoms with van der Waals surface area (Å²) >= 11 is 0. The molecule has 5 heteroatoms. The summed E-state index contributed by atoms with van der Waals surface area (Å²) in [6, 6.07) is 0. The molecule has 0 bridgehead atoms. The third-order valence-corrected chi connectivity index (χ3v) is 10.7. The van der Waals surface area contributed by atoms with Crippen molar-refractivity contribution in [3.05, 3.63) is 134 Å². The SMILES string of the molecule is CC/C=C\C/C=C\C/C=C\C/C=C\C/C=C\C/C=C\CCC(=O)OCC(COCCCCCCCC/C=C\CCCC)OC(=O)CCCCCCCC/C=C\C/C=C\C/C=C\C/C=C\CC. The van der Waals surface area contributed by atoms with Crippen LogP contribution in [0.3, 0.4) is 0 Å². The minimum Gasteiger partial charge on any atom is -0.462 e. The molecule has 0 heterocycles. The molecule has 0 aromatic rings. The Hall–Kier alpha value is -3.96. The van der Waals surface area contributed by atoms with Gasteiger partial charge in [-0.1, -0.05) is 219 Å². The zero-order valence-electron chi connectivity index (χ0n) is 42.7. The number of carbonyl (C=O) groups is 2. The predicted octanol–water partition coefficient (Wildman–Crippen LogP) is 18.3. The van der Waals surface area contributed by atoms with Crippen LogP contribution in [0.4, 0.5) is 0 Å². The first-order valence-electron chi connectivity index (χ1n) is 26.7. The van der Waals surface area contributed by atoms with Crippen LogP contribution in [-0.2, 0) is 23.8 Å². The van der Waals surface area contributed by atoms with Gasteiger partial charge >= 0.3 is 11.9 Å². The molecule has 0 aliphatic carbocycles. The van der Waals surface area contributed by atoms with Gasteiger partial charge in [0.15, 0.2) is 6.10 Å². The lowest BCUT2D eigenvalue weighted by Crippen LogP contribution is -2.30. The molecule has 0 aliphatic heterocycles. The molecule has 66 heavy (non-hydrogen) atoms. The fourth-order valence-electron chi connectivity index (χ4n) is 6.74. The van der Waals surface area contributed by atoms with Crippen LogP contribution in [0, 0.1) is 0 Å². The summed E-state index contributed by atoms with van der Waals surface area (Å²) in [4.78, 5) is 25.4. The smallest absolute Gasteiger partial charge is 0.306 e. The number of unbranched alkanes of at least 4 members (excludes halogenated alkanes) is 14. The Labute approximate surface area is 407 Å². The summed E-state index contributed by atoms with van der Waals surface area (Å²) in [6.07, 6.45) is 79.0. The molecular formula is C61H98O5. The first-order chi connectivity index (χ1) is 32.6. The number of allylic oxidation sites excluding steroid dienone is 22. The van der Waals surface area contributed by atoms with E-state index in [1.54, 1.807) is 0 Å². The zero-order valence-corrected chi connectivity index (χ0v) is 42.7. The van der Waals surface area contributed by atoms with Crippen molar-refractivity contribution in [3.63, 3.8) is 0 Å². The van der Waals surface area contributed by atoms with Crippen molar-refractivity contribution in [2.75, 3.05) is 19.8 Å². The average Bonchev–Trinajstić information content (AvgIpc) is 3.32. The van der Waals surface area contributed by atoms with Gasteiger partial charge in [-0.25, -0.2) is 0 Å². The number of hydrogen-bond acceptors (Lipinski definition) is 5. The van der Waals surface area contributed by atoms with Gasteiger partial charge in [0, 0.05) is 19.4 Å². The standard InChI is InChI=1S/C61H98O5/c1-4-7-10-13-16-19-22-25-27-29-31-33-35-37-39-42-45-48-51-54-60(62)65-58-59(57-64-56-53-50-47-44-41-24-21-18-15-12-9-6-3)66-61(63)55-52-49-46-43-40-38-36-34-32-30-28-26-23-20-17-14-11-8-5-2/h7-8,10-11,15-20,25-28,31-34,37,39,45,48,59H,4-6,9,12-14,21-24,29-30,35-36,38,40-44,46-47,49-58H2,1-3H3/b10-7-,11-8-,18-15-,19-16-,20-17-,27-25-,28-26-,33-31-,34-32-,39-37-,48-45-. The Kier molecular flexibility index (Phi) is 52.0. The summed E-state index contributed by atoms with van der Waals surface area (Å²) in [5.74, 6) is -0.522. The van der Waals surface area contributed by atoms with Gasteiger partial charge in [0.2, 0.25) is 0 Å². The first kappa shape index (κ1) is 62.0. The molecule has 0 aromatic heterocycles. The van der Waals surface area contributed by atoms with Crippen molar-refractivity contribution in [3.8, 4) is 0 Å². The van der Waals surface area contributed by atoms with Gasteiger partial charge in [0.05, 0.1) is 6.61 Å². The molecule has 0 aliphatic rings. The molecule has 1 atom stereocenters. The van der Waals surface area contributed by atoms with Crippen LogP contribution in [0.1, 0.15) is 213 Å². The van der Waals surface area contributed by atoms with E-state index in [1.807, 2.05) is 6.08 Å². The highest BCUT2D eigenvalue weighted by Gasteiger charge is 2.17. The molecule has 0 amide bonds. The lowest BCUT2D eigenvalue weighted by atomic mass is 10.1. The summed E-state index contributed by atoms with van der Waals surface area (Å²) in [5.41, 5.74) is 0. The molecule has 0 aromatic carbocycles. The van der Waals surface area contributed by atoms with E-state index in [1.165, 1.54) is 70.6 Å². The molecule has 0 saturated carbocycles. The molecule has 0 fully saturated rings. The van der Waals surface area contributed by atoms with Gasteiger partial charge in [-0.2, -0.15) is 0 Å². The van der Waals surface area contributed by atoms with Crippen LogP contribution in [0.2, 0.25) is 0 Å². The van der Waals surface area contributed by atoms with Gasteiger partial charge < -0.3 is 14.2 Å². The second kappa shape index (κ2) is 55.4. The second-order valence-corrected chi connectivity index (χ2v) is 17.0. The highest BCUT2D eigenvalue weighted by atomic mass is 16.6. The topological polar surface area (TPSA) is 61.8 Å². The van der Waals surface area contributed by atoms with Gasteiger partial charge in [-0.15, -0.1) is 0 Å². The Balaban J connectivity index is 4.43. The lowest BCUT2D eigenvalue weighted by molar-refractivity contribution is -0.162. The van der Waals surface area contributed by atoms with Crippen molar-refractivity contribution >= 4 is 11.9 Å². The molecule has 0 radical (unpaired) electrons. The van der Waals surface area contributed by atoms with E-state index in [0.717, 1.165) is 103 Å². The minimum atomic E-state index is -0.587. The van der Waals surface area contributed by atoms with Gasteiger partial charge in [0.25, 0.3) is 0 Å². The summed E-state index contributed by atoms with van der Waals surface area (Å²) in [7, 11) is 0. The molecule has 5 nitrogen and oxygen atoms in total. The Bertz CT molecular complexity index is 1400. The summed E-state index contributed by atoms with van der Waals surface area (Å²) in [5, 5.41) is 0. The van der Waals surface area contributed by atoms with Crippen molar-refractivity contribution in [1.82, 2.24) is 0 Å². The quantitative estimate of drug-likeness (QED) is 0.0346. The largest absolute Gasteiger partial charge is 0.462 e. The third-order valence-electron chi connectivity index (χ3n) is 10.7. The maximum absolute atomic E-state index is 12.8. The van der Waals surface area contributed by atoms with Gasteiger partial charge in [-0.3, -0.25) is 9.59 Å². The average molecular weight is 911 g/mol. The van der Waals surface area contributed by atoms with Crippen LogP contribution >= 0.6 is 0 Å². The molecule has 372 valence electrons. The van der Waals surface area contributed by atoms with Crippen LogP contribution in [-0.4, -0.2) is 37.9 Å². The van der Waals surface area contributed by atoms with Crippen molar-refractivity contribution in [1.29, 1.82) is 0 Å². The van der Waals surface area contributed by atoms with E-state index in [9.17, 15) is 9.59 Å². The van der Waals surface area contributed by atoms with Gasteiger partial charge in [0.1, 0.15) is 6.61 Å². The number of esters is 2. The molecule has 0 rings (SSSR count). The van der Waals surface area contributed by atoms with E-state index in [-0.39, 0.29) is 25.2 Å². The van der Waals surface area contributed by atoms with E-state index >= 15 is 0 Å². The summed E-state index contributed by atoms with van der Waals surface area (Å²) < 4.78 is 17.3. The van der Waals surface area contributed by atoms with Crippen molar-refractivity contribution < 1.29 is 23.8 Å². The minimum absolute atomic E-state index is 0.0283. The molecule has 0 spiro atoms. The highest BCUT2D eigenvalue weighted by Crippen LogP contribution is 2.12. The van der Waals surface area contributed by atoms with Crippen LogP contribution in [0.5, 0.6) is 0 Å². The fourth-order valence-corrected chi connectivity index (χ4v) is 6.74. The van der Waals surface area contributed by atoms with E-state index < -0.39 is 6.10 Å². The Morgan fingerprint density at radius 2 is 0.712 bits per heavy atom. The zero-order chi connectivity index (χ0) is 47.7. The molecule has 0 saturated heterocycles. The number of ether oxygens (including phenoxy) is 3. The Morgan fingerprint density at radius 3 is 1.17 bits per heavy atom. The number of hydrogen-bond donors (Lipinski definition) is 0. The van der Waals surface area contributed by atoms with Crippen LogP contribution in [0.25, 0.3) is 0 Å². The second-order valence-electron chi connectivity index (χ2n) is 17.0. The maximum Gasteiger partial charge on any atom is 0.306 e. The fraction of sp³-hybridized carbons (Fsp3) is 0.607. The number of rotatable bonds is 47. The van der Waals surface area contributed by atoms with Crippen molar-refractivity contribution in [2.24, 2.45) is 0 Å². The first-order valence-corrected chi connectivity index (χ1v) is 26.7. The highest BCUT2D eigenvalue weighted by molar-refractivity contribution is 5.70. The van der Waals surface area contributed by atoms with Crippen LogP contribution < -0.4 is 0 Å². The molecule has 1 unspecified atom stereocenters. The molecular weight excluding hydrogens is 813 g/mol. The monoisotopic (exact) mass is 911 g/mol. The van der Waals surface area contributed by atoms with E-state index in [2.05, 4.69) is 148 Å². The summed E-state index contributed by atoms with van der Waals surface area (Å²) in [6.45, 7) is 7.44. The third kappa shape index (κ3) is 52.7. The van der Waals surface area contributed by atoms with Crippen molar-refractivity contribution in [2.45, 2.75) is 219 Å². The van der Waals surface area contributed by atoms with Gasteiger partial charge in [-0.05, 0) is 116 Å². The lowest BCUT2D eigenvalue weighted by Gasteiger charge is -2.18. The maximum atomic E-state index is 12.8. The normalized spacial score (nSPS) is 13.3.